The quantitative estimate of drug-likeness (QED) is 0.121. The van der Waals surface area contributed by atoms with E-state index in [0.717, 1.165) is 0 Å². The van der Waals surface area contributed by atoms with E-state index in [1.165, 1.54) is 132 Å². The van der Waals surface area contributed by atoms with Gasteiger partial charge in [-0.25, -0.2) is 0 Å². The largest absolute Gasteiger partial charge is 0.0622 e. The van der Waals surface area contributed by atoms with Gasteiger partial charge in [0.15, 0.2) is 0 Å². The zero-order valence-electron chi connectivity index (χ0n) is 32.8. The van der Waals surface area contributed by atoms with Crippen molar-refractivity contribution >= 4 is 53.9 Å². The molecule has 0 N–H and O–H groups in total. The fraction of sp³-hybridized carbons (Fsp3) is 0. The van der Waals surface area contributed by atoms with Crippen LogP contribution in [0.5, 0.6) is 0 Å². The smallest absolute Gasteiger partial charge is 0.000695 e. The summed E-state index contributed by atoms with van der Waals surface area (Å²) in [4.78, 5) is 0. The fourth-order valence-electron chi connectivity index (χ4n) is 10.8. The number of fused-ring (bicyclic) bond motifs is 6. The van der Waals surface area contributed by atoms with Gasteiger partial charge < -0.3 is 0 Å². The third kappa shape index (κ3) is 4.62. The summed E-state index contributed by atoms with van der Waals surface area (Å²) in [6, 6.07) is 81.1. The Bertz CT molecular complexity index is 3660. The maximum absolute atomic E-state index is 2.44. The molecule has 276 valence electrons. The molecule has 0 heteroatoms. The third-order valence-corrected chi connectivity index (χ3v) is 13.2. The van der Waals surface area contributed by atoms with E-state index in [1.54, 1.807) is 0 Å². The first-order chi connectivity index (χ1) is 29.8. The molecule has 0 heterocycles. The normalized spacial score (nSPS) is 12.0. The van der Waals surface area contributed by atoms with E-state index in [1.807, 2.05) is 0 Å². The number of benzene rings is 12. The van der Waals surface area contributed by atoms with E-state index >= 15 is 0 Å². The van der Waals surface area contributed by atoms with Crippen LogP contribution in [0.4, 0.5) is 0 Å². The van der Waals surface area contributed by atoms with E-state index < -0.39 is 0 Å². The predicted octanol–water partition coefficient (Wildman–Crippen LogP) is 16.9. The molecule has 1 aliphatic carbocycles. The minimum Gasteiger partial charge on any atom is -0.0622 e. The van der Waals surface area contributed by atoms with Gasteiger partial charge in [0.1, 0.15) is 0 Å². The second kappa shape index (κ2) is 12.9. The lowest BCUT2D eigenvalue weighted by molar-refractivity contribution is 1.60. The van der Waals surface area contributed by atoms with Gasteiger partial charge >= 0.3 is 0 Å². The molecule has 0 saturated heterocycles. The van der Waals surface area contributed by atoms with Crippen LogP contribution in [0.15, 0.2) is 218 Å². The Balaban J connectivity index is 1.25. The van der Waals surface area contributed by atoms with Crippen molar-refractivity contribution < 1.29 is 0 Å². The monoisotopic (exact) mass is 756 g/mol. The average molecular weight is 757 g/mol. The summed E-state index contributed by atoms with van der Waals surface area (Å²) >= 11 is 0. The highest BCUT2D eigenvalue weighted by molar-refractivity contribution is 6.43. The molecular weight excluding hydrogens is 721 g/mol. The van der Waals surface area contributed by atoms with Crippen LogP contribution in [0.25, 0.3) is 132 Å². The van der Waals surface area contributed by atoms with Crippen LogP contribution in [0.1, 0.15) is 0 Å². The van der Waals surface area contributed by atoms with Crippen LogP contribution in [0.3, 0.4) is 0 Å². The molecule has 12 aromatic rings. The Labute approximate surface area is 348 Å². The van der Waals surface area contributed by atoms with Gasteiger partial charge in [0.2, 0.25) is 0 Å². The third-order valence-electron chi connectivity index (χ3n) is 13.2. The summed E-state index contributed by atoms with van der Waals surface area (Å²) in [6.45, 7) is 0. The minimum atomic E-state index is 1.23. The fourth-order valence-corrected chi connectivity index (χ4v) is 10.8. The molecule has 0 nitrogen and oxygen atoms in total. The molecule has 0 spiro atoms. The minimum absolute atomic E-state index is 1.23. The molecule has 1 aliphatic rings. The van der Waals surface area contributed by atoms with Crippen molar-refractivity contribution in [2.45, 2.75) is 0 Å². The van der Waals surface area contributed by atoms with Gasteiger partial charge in [0.25, 0.3) is 0 Å². The number of hydrogen-bond donors (Lipinski definition) is 0. The van der Waals surface area contributed by atoms with Crippen molar-refractivity contribution in [1.82, 2.24) is 0 Å². The highest BCUT2D eigenvalue weighted by atomic mass is 14.3. The van der Waals surface area contributed by atoms with Crippen molar-refractivity contribution in [2.75, 3.05) is 0 Å². The summed E-state index contributed by atoms with van der Waals surface area (Å²) in [5, 5.41) is 13.1. The van der Waals surface area contributed by atoms with Gasteiger partial charge in [-0.1, -0.05) is 218 Å². The van der Waals surface area contributed by atoms with Gasteiger partial charge in [0.05, 0.1) is 0 Å². The summed E-state index contributed by atoms with van der Waals surface area (Å²) < 4.78 is 0. The SMILES string of the molecule is c1ccc(-c2ccccc2-c2ccc3c4c5c(c(-c6ccccc6)c6c(-c7ccccc7)ccc(c7cccc2c73)c64)-c2ccc(-c3ccccc3)c3cccc-5c23)cc1. The van der Waals surface area contributed by atoms with Crippen LogP contribution in [0.2, 0.25) is 0 Å². The topological polar surface area (TPSA) is 0 Å². The molecule has 0 unspecified atom stereocenters. The van der Waals surface area contributed by atoms with E-state index in [-0.39, 0.29) is 0 Å². The van der Waals surface area contributed by atoms with Crippen molar-refractivity contribution in [1.29, 1.82) is 0 Å². The standard InChI is InChI=1S/C60H36/c1-5-17-37(18-6-1)41-25-13-14-26-44(41)45-33-36-51-54-47(45)28-15-29-48(54)49-34-32-43(39-21-9-3-10-22-39)56-53(40-23-11-4-12-24-40)58-52-35-31-42(38-19-7-2-8-20-38)46-27-16-30-50(55(46)52)59(58)60(51)57(49)56/h1-36H. The highest BCUT2D eigenvalue weighted by Gasteiger charge is 2.33. The zero-order valence-corrected chi connectivity index (χ0v) is 32.8. The van der Waals surface area contributed by atoms with Crippen LogP contribution in [-0.2, 0) is 0 Å². The summed E-state index contributed by atoms with van der Waals surface area (Å²) in [5.41, 5.74) is 17.8. The summed E-state index contributed by atoms with van der Waals surface area (Å²) in [5.74, 6) is 0. The van der Waals surface area contributed by atoms with Gasteiger partial charge in [-0.3, -0.25) is 0 Å². The van der Waals surface area contributed by atoms with Crippen molar-refractivity contribution in [3.05, 3.63) is 218 Å². The first-order valence-electron chi connectivity index (χ1n) is 20.9. The Kier molecular flexibility index (Phi) is 7.11. The molecule has 0 fully saturated rings. The molecule has 60 heavy (non-hydrogen) atoms. The average Bonchev–Trinajstić information content (AvgIpc) is 3.66. The molecule has 0 amide bonds. The molecule has 13 rings (SSSR count). The number of hydrogen-bond acceptors (Lipinski definition) is 0. The second-order valence-electron chi connectivity index (χ2n) is 16.2. The summed E-state index contributed by atoms with van der Waals surface area (Å²) in [6.07, 6.45) is 0. The first-order valence-corrected chi connectivity index (χ1v) is 20.9. The van der Waals surface area contributed by atoms with Crippen molar-refractivity contribution in [2.24, 2.45) is 0 Å². The molecule has 0 bridgehead atoms. The van der Waals surface area contributed by atoms with E-state index in [0.29, 0.717) is 0 Å². The van der Waals surface area contributed by atoms with Crippen LogP contribution < -0.4 is 0 Å². The number of rotatable bonds is 5. The van der Waals surface area contributed by atoms with E-state index in [4.69, 9.17) is 0 Å². The molecule has 0 atom stereocenters. The molecule has 0 saturated carbocycles. The molecular formula is C60H36. The molecule has 12 aromatic carbocycles. The summed E-state index contributed by atoms with van der Waals surface area (Å²) in [7, 11) is 0. The van der Waals surface area contributed by atoms with Crippen molar-refractivity contribution in [3.63, 3.8) is 0 Å². The van der Waals surface area contributed by atoms with Gasteiger partial charge in [-0.2, -0.15) is 0 Å². The predicted molar refractivity (Wildman–Crippen MR) is 257 cm³/mol. The van der Waals surface area contributed by atoms with Gasteiger partial charge in [-0.15, -0.1) is 0 Å². The van der Waals surface area contributed by atoms with Gasteiger partial charge in [0, 0.05) is 0 Å². The maximum atomic E-state index is 2.44. The van der Waals surface area contributed by atoms with E-state index in [9.17, 15) is 0 Å². The van der Waals surface area contributed by atoms with Crippen LogP contribution in [0, 0.1) is 0 Å². The zero-order chi connectivity index (χ0) is 39.3. The first kappa shape index (κ1) is 33.2. The van der Waals surface area contributed by atoms with Crippen LogP contribution >= 0.6 is 0 Å². The maximum Gasteiger partial charge on any atom is -0.000695 e. The Morgan fingerprint density at radius 3 is 1.30 bits per heavy atom. The lowest BCUT2D eigenvalue weighted by Crippen LogP contribution is -1.97. The highest BCUT2D eigenvalue weighted by Crippen LogP contribution is 2.60. The Morgan fingerprint density at radius 2 is 0.600 bits per heavy atom. The Hall–Kier alpha value is -7.80. The molecule has 0 aliphatic heterocycles. The second-order valence-corrected chi connectivity index (χ2v) is 16.2. The molecule has 0 radical (unpaired) electrons. The Morgan fingerprint density at radius 1 is 0.150 bits per heavy atom. The lowest BCUT2D eigenvalue weighted by Gasteiger charge is -2.24. The van der Waals surface area contributed by atoms with Crippen LogP contribution in [-0.4, -0.2) is 0 Å². The van der Waals surface area contributed by atoms with E-state index in [2.05, 4.69) is 218 Å². The van der Waals surface area contributed by atoms with Crippen molar-refractivity contribution in [3.8, 4) is 77.9 Å². The van der Waals surface area contributed by atoms with Gasteiger partial charge in [-0.05, 0) is 132 Å². The lowest BCUT2D eigenvalue weighted by atomic mass is 9.78. The molecule has 0 aromatic heterocycles.